The molecule has 0 spiro atoms. The molecular formula is C14H21N3O2. The van der Waals surface area contributed by atoms with Crippen LogP contribution in [0.25, 0.3) is 0 Å². The van der Waals surface area contributed by atoms with Gasteiger partial charge >= 0.3 is 0 Å². The number of aryl methyl sites for hydroxylation is 2. The number of fused-ring (bicyclic) bond motifs is 2. The minimum Gasteiger partial charge on any atom is -0.393 e. The van der Waals surface area contributed by atoms with Gasteiger partial charge < -0.3 is 10.0 Å². The quantitative estimate of drug-likeness (QED) is 0.866. The second kappa shape index (κ2) is 4.63. The highest BCUT2D eigenvalue weighted by Crippen LogP contribution is 2.35. The summed E-state index contributed by atoms with van der Waals surface area (Å²) in [6.45, 7) is 4.24. The van der Waals surface area contributed by atoms with Gasteiger partial charge in [-0.1, -0.05) is 0 Å². The summed E-state index contributed by atoms with van der Waals surface area (Å²) in [5, 5.41) is 14.1. The van der Waals surface area contributed by atoms with E-state index in [1.54, 1.807) is 4.68 Å². The van der Waals surface area contributed by atoms with Crippen molar-refractivity contribution in [2.75, 3.05) is 0 Å². The van der Waals surface area contributed by atoms with Gasteiger partial charge in [0.25, 0.3) is 0 Å². The summed E-state index contributed by atoms with van der Waals surface area (Å²) in [4.78, 5) is 14.5. The van der Waals surface area contributed by atoms with Gasteiger partial charge in [0.1, 0.15) is 6.54 Å². The van der Waals surface area contributed by atoms with Crippen molar-refractivity contribution in [1.29, 1.82) is 0 Å². The molecule has 2 aliphatic heterocycles. The molecule has 5 nitrogen and oxygen atoms in total. The number of piperidine rings is 1. The zero-order valence-electron chi connectivity index (χ0n) is 11.5. The zero-order valence-corrected chi connectivity index (χ0v) is 11.5. The molecule has 3 heterocycles. The summed E-state index contributed by atoms with van der Waals surface area (Å²) in [6, 6.07) is 2.46. The number of rotatable bonds is 2. The van der Waals surface area contributed by atoms with Gasteiger partial charge in [0.15, 0.2) is 0 Å². The van der Waals surface area contributed by atoms with Crippen LogP contribution in [0.1, 0.15) is 37.1 Å². The van der Waals surface area contributed by atoms with E-state index in [1.807, 2.05) is 24.8 Å². The highest BCUT2D eigenvalue weighted by Gasteiger charge is 2.42. The highest BCUT2D eigenvalue weighted by atomic mass is 16.3. The number of aliphatic hydroxyl groups is 1. The molecular weight excluding hydrogens is 242 g/mol. The van der Waals surface area contributed by atoms with E-state index in [1.165, 1.54) is 0 Å². The van der Waals surface area contributed by atoms with Crippen LogP contribution in [0.3, 0.4) is 0 Å². The lowest BCUT2D eigenvalue weighted by molar-refractivity contribution is -0.138. The molecule has 0 aromatic carbocycles. The van der Waals surface area contributed by atoms with E-state index in [0.29, 0.717) is 6.54 Å². The van der Waals surface area contributed by atoms with Crippen LogP contribution >= 0.6 is 0 Å². The fourth-order valence-electron chi connectivity index (χ4n) is 3.60. The van der Waals surface area contributed by atoms with Crippen molar-refractivity contribution in [3.63, 3.8) is 0 Å². The van der Waals surface area contributed by atoms with E-state index in [0.717, 1.165) is 37.1 Å². The Morgan fingerprint density at radius 1 is 1.37 bits per heavy atom. The molecule has 1 aromatic heterocycles. The SMILES string of the molecule is Cc1cc(C)n(CC(=O)N2C3CCC2CC(O)C3)n1. The molecule has 1 N–H and O–H groups in total. The zero-order chi connectivity index (χ0) is 13.6. The van der Waals surface area contributed by atoms with Crippen molar-refractivity contribution in [2.45, 2.75) is 64.3 Å². The third-order valence-corrected chi connectivity index (χ3v) is 4.38. The van der Waals surface area contributed by atoms with Gasteiger partial charge in [0.05, 0.1) is 11.8 Å². The fourth-order valence-corrected chi connectivity index (χ4v) is 3.60. The van der Waals surface area contributed by atoms with E-state index < -0.39 is 0 Å². The minimum absolute atomic E-state index is 0.144. The normalized spacial score (nSPS) is 29.8. The first-order chi connectivity index (χ1) is 9.04. The molecule has 3 rings (SSSR count). The number of nitrogens with zero attached hydrogens (tertiary/aromatic N) is 3. The number of hydrogen-bond donors (Lipinski definition) is 1. The average Bonchev–Trinajstić information content (AvgIpc) is 2.77. The highest BCUT2D eigenvalue weighted by molar-refractivity contribution is 5.77. The van der Waals surface area contributed by atoms with Crippen molar-refractivity contribution >= 4 is 5.91 Å². The van der Waals surface area contributed by atoms with Crippen LogP contribution < -0.4 is 0 Å². The van der Waals surface area contributed by atoms with Crippen molar-refractivity contribution in [1.82, 2.24) is 14.7 Å². The Morgan fingerprint density at radius 3 is 2.53 bits per heavy atom. The van der Waals surface area contributed by atoms with Crippen LogP contribution in [0, 0.1) is 13.8 Å². The summed E-state index contributed by atoms with van der Waals surface area (Å²) in [7, 11) is 0. The number of aliphatic hydroxyl groups excluding tert-OH is 1. The monoisotopic (exact) mass is 263 g/mol. The number of amides is 1. The van der Waals surface area contributed by atoms with Crippen molar-refractivity contribution in [3.05, 3.63) is 17.5 Å². The van der Waals surface area contributed by atoms with E-state index in [9.17, 15) is 9.90 Å². The van der Waals surface area contributed by atoms with E-state index >= 15 is 0 Å². The molecule has 0 saturated carbocycles. The van der Waals surface area contributed by atoms with E-state index in [2.05, 4.69) is 5.10 Å². The molecule has 2 atom stereocenters. The molecule has 104 valence electrons. The van der Waals surface area contributed by atoms with Crippen LogP contribution in [0.15, 0.2) is 6.07 Å². The van der Waals surface area contributed by atoms with Gasteiger partial charge in [-0.3, -0.25) is 9.48 Å². The summed E-state index contributed by atoms with van der Waals surface area (Å²) in [5.41, 5.74) is 1.97. The lowest BCUT2D eigenvalue weighted by Crippen LogP contribution is -2.49. The van der Waals surface area contributed by atoms with E-state index in [4.69, 9.17) is 0 Å². The summed E-state index contributed by atoms with van der Waals surface area (Å²) in [6.07, 6.45) is 3.31. The number of hydrogen-bond acceptors (Lipinski definition) is 3. The molecule has 2 aliphatic rings. The summed E-state index contributed by atoms with van der Waals surface area (Å²) in [5.74, 6) is 0.144. The van der Waals surface area contributed by atoms with Gasteiger partial charge in [-0.25, -0.2) is 0 Å². The van der Waals surface area contributed by atoms with Gasteiger partial charge in [0.2, 0.25) is 5.91 Å². The maximum absolute atomic E-state index is 12.5. The molecule has 1 aromatic rings. The third-order valence-electron chi connectivity index (χ3n) is 4.38. The predicted octanol–water partition coefficient (Wildman–Crippen LogP) is 1.01. The standard InChI is InChI=1S/C14H21N3O2/c1-9-5-10(2)16(15-9)8-14(19)17-11-3-4-12(17)7-13(18)6-11/h5,11-13,18H,3-4,6-8H2,1-2H3. The lowest BCUT2D eigenvalue weighted by atomic mass is 10.00. The van der Waals surface area contributed by atoms with Crippen LogP contribution in [0.5, 0.6) is 0 Å². The molecule has 0 aliphatic carbocycles. The summed E-state index contributed by atoms with van der Waals surface area (Å²) < 4.78 is 1.78. The first-order valence-corrected chi connectivity index (χ1v) is 7.05. The molecule has 19 heavy (non-hydrogen) atoms. The van der Waals surface area contributed by atoms with Gasteiger partial charge in [-0.15, -0.1) is 0 Å². The number of aromatic nitrogens is 2. The van der Waals surface area contributed by atoms with Crippen LogP contribution in [-0.2, 0) is 11.3 Å². The molecule has 2 saturated heterocycles. The van der Waals surface area contributed by atoms with Crippen molar-refractivity contribution in [2.24, 2.45) is 0 Å². The largest absolute Gasteiger partial charge is 0.393 e. The van der Waals surface area contributed by atoms with E-state index in [-0.39, 0.29) is 24.1 Å². The third kappa shape index (κ3) is 2.27. The first-order valence-electron chi connectivity index (χ1n) is 7.05. The van der Waals surface area contributed by atoms with Crippen LogP contribution in [0.2, 0.25) is 0 Å². The lowest BCUT2D eigenvalue weighted by Gasteiger charge is -2.37. The predicted molar refractivity (Wildman–Crippen MR) is 70.6 cm³/mol. The van der Waals surface area contributed by atoms with Gasteiger partial charge in [-0.2, -0.15) is 5.10 Å². The molecule has 1 amide bonds. The van der Waals surface area contributed by atoms with Gasteiger partial charge in [-0.05, 0) is 45.6 Å². The first kappa shape index (κ1) is 12.7. The summed E-state index contributed by atoms with van der Waals surface area (Å²) >= 11 is 0. The van der Waals surface area contributed by atoms with Gasteiger partial charge in [0, 0.05) is 17.8 Å². The Balaban J connectivity index is 1.73. The number of carbonyl (C=O) groups is 1. The Labute approximate surface area is 113 Å². The molecule has 0 radical (unpaired) electrons. The second-order valence-corrected chi connectivity index (χ2v) is 5.90. The maximum Gasteiger partial charge on any atom is 0.244 e. The van der Waals surface area contributed by atoms with Crippen molar-refractivity contribution < 1.29 is 9.90 Å². The smallest absolute Gasteiger partial charge is 0.244 e. The Bertz CT molecular complexity index is 483. The second-order valence-electron chi connectivity index (χ2n) is 5.90. The van der Waals surface area contributed by atoms with Crippen molar-refractivity contribution in [3.8, 4) is 0 Å². The van der Waals surface area contributed by atoms with Crippen LogP contribution in [0.4, 0.5) is 0 Å². The Kier molecular flexibility index (Phi) is 3.09. The van der Waals surface area contributed by atoms with Crippen LogP contribution in [-0.4, -0.2) is 43.9 Å². The maximum atomic E-state index is 12.5. The Morgan fingerprint density at radius 2 is 2.00 bits per heavy atom. The topological polar surface area (TPSA) is 58.4 Å². The molecule has 2 fully saturated rings. The molecule has 5 heteroatoms. The fraction of sp³-hybridized carbons (Fsp3) is 0.714. The number of carbonyl (C=O) groups excluding carboxylic acids is 1. The minimum atomic E-state index is -0.227. The average molecular weight is 263 g/mol. The molecule has 2 unspecified atom stereocenters. The molecule has 2 bridgehead atoms. The Hall–Kier alpha value is -1.36.